The molecule has 10 heteroatoms. The minimum Gasteiger partial charge on any atom is -0.480 e. The number of nitrogens with one attached hydrogen (secondary N) is 2. The van der Waals surface area contributed by atoms with Crippen LogP contribution in [0.3, 0.4) is 0 Å². The Morgan fingerprint density at radius 3 is 2.35 bits per heavy atom. The number of aromatic nitrogens is 2. The number of carboxylic acids is 1. The van der Waals surface area contributed by atoms with E-state index in [1.165, 1.54) is 10.7 Å². The first-order chi connectivity index (χ1) is 16.4. The number of hydrogen-bond donors (Lipinski definition) is 3. The van der Waals surface area contributed by atoms with Crippen molar-refractivity contribution in [3.8, 4) is 11.1 Å². The standard InChI is InChI=1S/C24H24N4O6/c1-28-20(23(31)25-10-11-33-14-22(29)30)12-21(27-28)26-24(32)34-13-19-17-8-4-2-6-15(17)16-7-3-5-9-18(16)19/h2-9,12,19H,10-11,13-14H2,1H3,(H,25,31)(H,29,30)(H,26,27,32). The number of amides is 2. The van der Waals surface area contributed by atoms with Gasteiger partial charge in [-0.05, 0) is 22.3 Å². The summed E-state index contributed by atoms with van der Waals surface area (Å²) in [6.45, 7) is -0.0840. The van der Waals surface area contributed by atoms with Gasteiger partial charge in [0.2, 0.25) is 0 Å². The van der Waals surface area contributed by atoms with Gasteiger partial charge in [-0.2, -0.15) is 5.10 Å². The molecule has 3 N–H and O–H groups in total. The van der Waals surface area contributed by atoms with Crippen LogP contribution in [0, 0.1) is 0 Å². The molecule has 0 atom stereocenters. The number of carboxylic acid groups (broad SMARTS) is 1. The highest BCUT2D eigenvalue weighted by Crippen LogP contribution is 2.44. The summed E-state index contributed by atoms with van der Waals surface area (Å²) in [5.41, 5.74) is 4.72. The molecular weight excluding hydrogens is 440 g/mol. The number of nitrogens with zero attached hydrogens (tertiary/aromatic N) is 2. The normalized spacial score (nSPS) is 12.0. The summed E-state index contributed by atoms with van der Waals surface area (Å²) in [5, 5.41) is 17.8. The van der Waals surface area contributed by atoms with Crippen molar-refractivity contribution < 1.29 is 29.0 Å². The van der Waals surface area contributed by atoms with Crippen molar-refractivity contribution in [1.82, 2.24) is 15.1 Å². The molecule has 1 aliphatic carbocycles. The van der Waals surface area contributed by atoms with Crippen molar-refractivity contribution in [2.75, 3.05) is 31.7 Å². The monoisotopic (exact) mass is 464 g/mol. The van der Waals surface area contributed by atoms with Crippen LogP contribution in [0.4, 0.5) is 10.6 Å². The van der Waals surface area contributed by atoms with Gasteiger partial charge in [0.05, 0.1) is 6.61 Å². The summed E-state index contributed by atoms with van der Waals surface area (Å²) in [4.78, 5) is 35.2. The Balaban J connectivity index is 1.32. The predicted molar refractivity (Wildman–Crippen MR) is 123 cm³/mol. The summed E-state index contributed by atoms with van der Waals surface area (Å²) in [5.74, 6) is -1.41. The molecule has 10 nitrogen and oxygen atoms in total. The van der Waals surface area contributed by atoms with E-state index < -0.39 is 24.6 Å². The minimum absolute atomic E-state index is 0.0563. The number of fused-ring (bicyclic) bond motifs is 3. The average molecular weight is 464 g/mol. The number of aliphatic carboxylic acids is 1. The smallest absolute Gasteiger partial charge is 0.412 e. The van der Waals surface area contributed by atoms with E-state index in [1.54, 1.807) is 7.05 Å². The highest BCUT2D eigenvalue weighted by atomic mass is 16.5. The quantitative estimate of drug-likeness (QED) is 0.415. The number of carbonyl (C=O) groups excluding carboxylic acids is 2. The number of carbonyl (C=O) groups is 3. The molecule has 0 fully saturated rings. The van der Waals surface area contributed by atoms with Crippen LogP contribution in [0.25, 0.3) is 11.1 Å². The molecule has 176 valence electrons. The number of aryl methyl sites for hydroxylation is 1. The highest BCUT2D eigenvalue weighted by molar-refractivity contribution is 5.94. The first-order valence-electron chi connectivity index (χ1n) is 10.7. The highest BCUT2D eigenvalue weighted by Gasteiger charge is 2.29. The summed E-state index contributed by atoms with van der Waals surface area (Å²) >= 11 is 0. The van der Waals surface area contributed by atoms with Gasteiger partial charge in [0, 0.05) is 25.6 Å². The fourth-order valence-electron chi connectivity index (χ4n) is 3.97. The number of ether oxygens (including phenoxy) is 2. The summed E-state index contributed by atoms with van der Waals surface area (Å²) < 4.78 is 11.7. The van der Waals surface area contributed by atoms with Gasteiger partial charge >= 0.3 is 12.1 Å². The number of anilines is 1. The van der Waals surface area contributed by atoms with Crippen molar-refractivity contribution >= 4 is 23.8 Å². The molecule has 0 unspecified atom stereocenters. The first kappa shape index (κ1) is 23.0. The van der Waals surface area contributed by atoms with Gasteiger partial charge in [-0.25, -0.2) is 9.59 Å². The molecule has 0 bridgehead atoms. The van der Waals surface area contributed by atoms with Gasteiger partial charge in [0.25, 0.3) is 5.91 Å². The summed E-state index contributed by atoms with van der Waals surface area (Å²) in [6.07, 6.45) is -0.672. The van der Waals surface area contributed by atoms with Crippen LogP contribution < -0.4 is 10.6 Å². The Labute approximate surface area is 195 Å². The molecule has 0 aliphatic heterocycles. The van der Waals surface area contributed by atoms with Crippen molar-refractivity contribution in [1.29, 1.82) is 0 Å². The second kappa shape index (κ2) is 10.2. The number of rotatable bonds is 9. The lowest BCUT2D eigenvalue weighted by molar-refractivity contribution is -0.142. The van der Waals surface area contributed by atoms with E-state index in [0.717, 1.165) is 22.3 Å². The number of benzene rings is 2. The van der Waals surface area contributed by atoms with E-state index in [0.29, 0.717) is 0 Å². The minimum atomic E-state index is -1.08. The molecule has 0 spiro atoms. The Kier molecular flexibility index (Phi) is 6.88. The molecule has 0 saturated heterocycles. The maximum atomic E-state index is 12.4. The molecule has 1 aromatic heterocycles. The fraction of sp³-hybridized carbons (Fsp3) is 0.250. The molecule has 0 saturated carbocycles. The molecule has 4 rings (SSSR count). The van der Waals surface area contributed by atoms with Crippen LogP contribution in [-0.4, -0.2) is 59.2 Å². The van der Waals surface area contributed by atoms with Crippen LogP contribution >= 0.6 is 0 Å². The van der Waals surface area contributed by atoms with Crippen molar-refractivity contribution in [2.45, 2.75) is 5.92 Å². The van der Waals surface area contributed by atoms with Crippen molar-refractivity contribution in [2.24, 2.45) is 7.05 Å². The molecular formula is C24H24N4O6. The molecule has 1 aliphatic rings. The third-order valence-electron chi connectivity index (χ3n) is 5.44. The van der Waals surface area contributed by atoms with Gasteiger partial charge < -0.3 is 19.9 Å². The van der Waals surface area contributed by atoms with E-state index in [-0.39, 0.29) is 37.2 Å². The van der Waals surface area contributed by atoms with Crippen LogP contribution in [0.2, 0.25) is 0 Å². The van der Waals surface area contributed by atoms with Gasteiger partial charge in [-0.3, -0.25) is 14.8 Å². The Hall–Kier alpha value is -4.18. The first-order valence-corrected chi connectivity index (χ1v) is 10.7. The van der Waals surface area contributed by atoms with E-state index >= 15 is 0 Å². The lowest BCUT2D eigenvalue weighted by atomic mass is 9.98. The molecule has 3 aromatic rings. The number of hydrogen-bond acceptors (Lipinski definition) is 6. The van der Waals surface area contributed by atoms with Crippen LogP contribution in [-0.2, 0) is 21.3 Å². The third kappa shape index (κ3) is 5.07. The van der Waals surface area contributed by atoms with Crippen molar-refractivity contribution in [3.63, 3.8) is 0 Å². The zero-order valence-corrected chi connectivity index (χ0v) is 18.5. The topological polar surface area (TPSA) is 132 Å². The van der Waals surface area contributed by atoms with Gasteiger partial charge in [0.1, 0.15) is 18.9 Å². The molecule has 34 heavy (non-hydrogen) atoms. The summed E-state index contributed by atoms with van der Waals surface area (Å²) in [6, 6.07) is 17.5. The van der Waals surface area contributed by atoms with E-state index in [4.69, 9.17) is 14.6 Å². The zero-order valence-electron chi connectivity index (χ0n) is 18.5. The SMILES string of the molecule is Cn1nc(NC(=O)OCC2c3ccccc3-c3ccccc32)cc1C(=O)NCCOCC(=O)O. The molecule has 2 aromatic carbocycles. The van der Waals surface area contributed by atoms with Gasteiger partial charge in [-0.1, -0.05) is 48.5 Å². The molecule has 2 amide bonds. The Bertz CT molecular complexity index is 1180. The van der Waals surface area contributed by atoms with Crippen molar-refractivity contribution in [3.05, 3.63) is 71.4 Å². The third-order valence-corrected chi connectivity index (χ3v) is 5.44. The lowest BCUT2D eigenvalue weighted by Crippen LogP contribution is -2.29. The largest absolute Gasteiger partial charge is 0.480 e. The molecule has 1 heterocycles. The van der Waals surface area contributed by atoms with Crippen LogP contribution in [0.15, 0.2) is 54.6 Å². The maximum Gasteiger partial charge on any atom is 0.412 e. The molecule has 0 radical (unpaired) electrons. The van der Waals surface area contributed by atoms with Crippen LogP contribution in [0.5, 0.6) is 0 Å². The zero-order chi connectivity index (χ0) is 24.1. The maximum absolute atomic E-state index is 12.4. The van der Waals surface area contributed by atoms with E-state index in [2.05, 4.69) is 27.9 Å². The van der Waals surface area contributed by atoms with E-state index in [1.807, 2.05) is 36.4 Å². The van der Waals surface area contributed by atoms with Gasteiger partial charge in [-0.15, -0.1) is 0 Å². The summed E-state index contributed by atoms with van der Waals surface area (Å²) in [7, 11) is 1.57. The van der Waals surface area contributed by atoms with Gasteiger partial charge in [0.15, 0.2) is 5.82 Å². The fourth-order valence-corrected chi connectivity index (χ4v) is 3.97. The Morgan fingerprint density at radius 2 is 1.71 bits per heavy atom. The second-order valence-electron chi connectivity index (χ2n) is 7.69. The Morgan fingerprint density at radius 1 is 1.06 bits per heavy atom. The average Bonchev–Trinajstić information content (AvgIpc) is 3.34. The van der Waals surface area contributed by atoms with Crippen LogP contribution in [0.1, 0.15) is 27.5 Å². The lowest BCUT2D eigenvalue weighted by Gasteiger charge is -2.14. The van der Waals surface area contributed by atoms with E-state index in [9.17, 15) is 14.4 Å². The predicted octanol–water partition coefficient (Wildman–Crippen LogP) is 2.61. The second-order valence-corrected chi connectivity index (χ2v) is 7.69.